The van der Waals surface area contributed by atoms with Crippen molar-refractivity contribution in [3.63, 3.8) is 0 Å². The molecule has 0 fully saturated rings. The highest BCUT2D eigenvalue weighted by molar-refractivity contribution is 8.13. The molecular weight excluding hydrogens is 168 g/mol. The van der Waals surface area contributed by atoms with Gasteiger partial charge in [-0.1, -0.05) is 11.8 Å². The number of thioether (sulfide) groups is 1. The smallest absolute Gasteiger partial charge is 0.157 e. The van der Waals surface area contributed by atoms with Crippen molar-refractivity contribution in [3.8, 4) is 0 Å². The topological polar surface area (TPSA) is 24.4 Å². The Bertz CT molecular complexity index is 181. The van der Waals surface area contributed by atoms with Gasteiger partial charge in [0.25, 0.3) is 0 Å². The molecule has 1 N–H and O–H groups in total. The number of rotatable bonds is 0. The lowest BCUT2D eigenvalue weighted by Gasteiger charge is -2.26. The Kier molecular flexibility index (Phi) is 3.04. The molecular formula is C9H18N2S. The monoisotopic (exact) mass is 186 g/mol. The molecule has 1 atom stereocenters. The van der Waals surface area contributed by atoms with Crippen molar-refractivity contribution in [2.75, 3.05) is 5.75 Å². The van der Waals surface area contributed by atoms with Gasteiger partial charge in [0.1, 0.15) is 0 Å². The molecule has 12 heavy (non-hydrogen) atoms. The minimum atomic E-state index is 0.142. The van der Waals surface area contributed by atoms with E-state index in [-0.39, 0.29) is 5.54 Å². The van der Waals surface area contributed by atoms with E-state index in [1.165, 1.54) is 12.2 Å². The van der Waals surface area contributed by atoms with E-state index < -0.39 is 0 Å². The summed E-state index contributed by atoms with van der Waals surface area (Å²) in [5, 5.41) is 4.51. The molecule has 0 amide bonds. The minimum Gasteiger partial charge on any atom is -0.360 e. The van der Waals surface area contributed by atoms with Crippen LogP contribution in [0.15, 0.2) is 4.99 Å². The SMILES string of the molecule is CC1CCSC(NC(C)(C)C)=N1. The Balaban J connectivity index is 2.52. The fourth-order valence-electron chi connectivity index (χ4n) is 1.02. The van der Waals surface area contributed by atoms with E-state index in [4.69, 9.17) is 0 Å². The fourth-order valence-corrected chi connectivity index (χ4v) is 2.30. The second kappa shape index (κ2) is 3.69. The summed E-state index contributed by atoms with van der Waals surface area (Å²) in [6.45, 7) is 8.66. The molecule has 0 saturated carbocycles. The Morgan fingerprint density at radius 2 is 2.17 bits per heavy atom. The summed E-state index contributed by atoms with van der Waals surface area (Å²) in [5.74, 6) is 1.20. The van der Waals surface area contributed by atoms with Crippen LogP contribution in [0, 0.1) is 0 Å². The lowest BCUT2D eigenvalue weighted by molar-refractivity contribution is 0.512. The van der Waals surface area contributed by atoms with E-state index >= 15 is 0 Å². The average Bonchev–Trinajstić information content (AvgIpc) is 1.82. The normalized spacial score (nSPS) is 25.0. The highest BCUT2D eigenvalue weighted by Crippen LogP contribution is 2.17. The first kappa shape index (κ1) is 9.90. The molecule has 1 aliphatic rings. The summed E-state index contributed by atoms with van der Waals surface area (Å²) in [7, 11) is 0. The van der Waals surface area contributed by atoms with E-state index in [0.717, 1.165) is 5.17 Å². The van der Waals surface area contributed by atoms with Crippen LogP contribution in [0.4, 0.5) is 0 Å². The number of hydrogen-bond donors (Lipinski definition) is 1. The van der Waals surface area contributed by atoms with Gasteiger partial charge in [0.2, 0.25) is 0 Å². The van der Waals surface area contributed by atoms with Gasteiger partial charge in [0, 0.05) is 11.3 Å². The molecule has 0 aliphatic carbocycles. The first-order chi connectivity index (χ1) is 5.47. The minimum absolute atomic E-state index is 0.142. The van der Waals surface area contributed by atoms with Gasteiger partial charge in [-0.05, 0) is 34.1 Å². The molecule has 1 heterocycles. The van der Waals surface area contributed by atoms with Gasteiger partial charge in [-0.25, -0.2) is 0 Å². The largest absolute Gasteiger partial charge is 0.360 e. The van der Waals surface area contributed by atoms with Crippen LogP contribution in [0.1, 0.15) is 34.1 Å². The molecule has 2 nitrogen and oxygen atoms in total. The molecule has 1 rings (SSSR count). The second-order valence-electron chi connectivity index (χ2n) is 4.30. The van der Waals surface area contributed by atoms with Crippen LogP contribution in [0.25, 0.3) is 0 Å². The second-order valence-corrected chi connectivity index (χ2v) is 5.38. The molecule has 1 aliphatic heterocycles. The quantitative estimate of drug-likeness (QED) is 0.627. The zero-order valence-electron chi connectivity index (χ0n) is 8.35. The third-order valence-electron chi connectivity index (χ3n) is 1.59. The van der Waals surface area contributed by atoms with Crippen molar-refractivity contribution >= 4 is 16.9 Å². The van der Waals surface area contributed by atoms with Gasteiger partial charge in [-0.15, -0.1) is 0 Å². The van der Waals surface area contributed by atoms with E-state index in [9.17, 15) is 0 Å². The maximum Gasteiger partial charge on any atom is 0.157 e. The van der Waals surface area contributed by atoms with Gasteiger partial charge in [-0.3, -0.25) is 4.99 Å². The first-order valence-corrected chi connectivity index (χ1v) is 5.45. The summed E-state index contributed by atoms with van der Waals surface area (Å²) in [4.78, 5) is 4.54. The van der Waals surface area contributed by atoms with Crippen molar-refractivity contribution < 1.29 is 0 Å². The number of nitrogens with one attached hydrogen (secondary N) is 1. The Morgan fingerprint density at radius 1 is 1.50 bits per heavy atom. The van der Waals surface area contributed by atoms with Crippen LogP contribution in [-0.2, 0) is 0 Å². The Hall–Kier alpha value is -0.180. The highest BCUT2D eigenvalue weighted by atomic mass is 32.2. The Labute approximate surface area is 79.2 Å². The lowest BCUT2D eigenvalue weighted by atomic mass is 10.1. The maximum absolute atomic E-state index is 4.54. The van der Waals surface area contributed by atoms with E-state index in [2.05, 4.69) is 38.0 Å². The van der Waals surface area contributed by atoms with Crippen LogP contribution in [0.2, 0.25) is 0 Å². The summed E-state index contributed by atoms with van der Waals surface area (Å²) < 4.78 is 0. The average molecular weight is 186 g/mol. The van der Waals surface area contributed by atoms with Gasteiger partial charge < -0.3 is 5.32 Å². The van der Waals surface area contributed by atoms with Crippen molar-refractivity contribution in [2.45, 2.75) is 45.7 Å². The number of hydrogen-bond acceptors (Lipinski definition) is 3. The fraction of sp³-hybridized carbons (Fsp3) is 0.889. The molecule has 0 spiro atoms. The molecule has 0 aromatic heterocycles. The molecule has 70 valence electrons. The molecule has 0 aromatic rings. The van der Waals surface area contributed by atoms with Crippen molar-refractivity contribution in [1.29, 1.82) is 0 Å². The number of amidine groups is 1. The van der Waals surface area contributed by atoms with Crippen molar-refractivity contribution in [1.82, 2.24) is 5.32 Å². The highest BCUT2D eigenvalue weighted by Gasteiger charge is 2.16. The van der Waals surface area contributed by atoms with Crippen LogP contribution in [0.5, 0.6) is 0 Å². The number of nitrogens with zero attached hydrogens (tertiary/aromatic N) is 1. The van der Waals surface area contributed by atoms with Crippen LogP contribution >= 0.6 is 11.8 Å². The predicted molar refractivity (Wildman–Crippen MR) is 56.9 cm³/mol. The summed E-state index contributed by atoms with van der Waals surface area (Å²) in [6, 6.07) is 0.496. The summed E-state index contributed by atoms with van der Waals surface area (Å²) in [6.07, 6.45) is 1.21. The predicted octanol–water partition coefficient (Wildman–Crippen LogP) is 2.26. The molecule has 3 heteroatoms. The summed E-state index contributed by atoms with van der Waals surface area (Å²) >= 11 is 1.83. The van der Waals surface area contributed by atoms with Crippen molar-refractivity contribution in [2.24, 2.45) is 4.99 Å². The van der Waals surface area contributed by atoms with E-state index in [0.29, 0.717) is 6.04 Å². The molecule has 1 unspecified atom stereocenters. The molecule has 0 saturated heterocycles. The number of aliphatic imine (C=N–C) groups is 1. The van der Waals surface area contributed by atoms with Crippen LogP contribution < -0.4 is 5.32 Å². The van der Waals surface area contributed by atoms with Crippen LogP contribution in [0.3, 0.4) is 0 Å². The zero-order chi connectivity index (χ0) is 9.19. The van der Waals surface area contributed by atoms with Crippen LogP contribution in [-0.4, -0.2) is 22.5 Å². The van der Waals surface area contributed by atoms with Gasteiger partial charge in [0.05, 0.1) is 6.04 Å². The lowest BCUT2D eigenvalue weighted by Crippen LogP contribution is -2.40. The van der Waals surface area contributed by atoms with Gasteiger partial charge in [-0.2, -0.15) is 0 Å². The van der Waals surface area contributed by atoms with Gasteiger partial charge in [0.15, 0.2) is 5.17 Å². The molecule has 0 bridgehead atoms. The third-order valence-corrected chi connectivity index (χ3v) is 2.51. The van der Waals surface area contributed by atoms with E-state index in [1.54, 1.807) is 0 Å². The van der Waals surface area contributed by atoms with Gasteiger partial charge >= 0.3 is 0 Å². The first-order valence-electron chi connectivity index (χ1n) is 4.46. The maximum atomic E-state index is 4.54. The van der Waals surface area contributed by atoms with E-state index in [1.807, 2.05) is 11.8 Å². The summed E-state index contributed by atoms with van der Waals surface area (Å²) in [5.41, 5.74) is 0.142. The Morgan fingerprint density at radius 3 is 2.67 bits per heavy atom. The zero-order valence-corrected chi connectivity index (χ0v) is 9.16. The molecule has 0 radical (unpaired) electrons. The third kappa shape index (κ3) is 3.48. The molecule has 0 aromatic carbocycles. The standard InChI is InChI=1S/C9H18N2S/c1-7-5-6-12-8(10-7)11-9(2,3)4/h7H,5-6H2,1-4H3,(H,10,11). The van der Waals surface area contributed by atoms with Crippen molar-refractivity contribution in [3.05, 3.63) is 0 Å².